The van der Waals surface area contributed by atoms with Gasteiger partial charge in [0, 0.05) is 10.0 Å². The zero-order valence-corrected chi connectivity index (χ0v) is 13.1. The molecule has 9 nitrogen and oxygen atoms in total. The molecular weight excluding hydrogens is 340 g/mol. The highest BCUT2D eigenvalue weighted by Gasteiger charge is 2.31. The summed E-state index contributed by atoms with van der Waals surface area (Å²) in [5.41, 5.74) is 0.819. The van der Waals surface area contributed by atoms with Crippen molar-refractivity contribution in [2.45, 2.75) is 19.3 Å². The van der Waals surface area contributed by atoms with Crippen molar-refractivity contribution in [2.24, 2.45) is 0 Å². The molecule has 126 valence electrons. The van der Waals surface area contributed by atoms with E-state index in [1.54, 1.807) is 24.3 Å². The van der Waals surface area contributed by atoms with E-state index in [9.17, 15) is 14.9 Å². The summed E-state index contributed by atoms with van der Waals surface area (Å²) in [6.07, 6.45) is 0.370. The number of hydrogen-bond donors (Lipinski definition) is 1. The van der Waals surface area contributed by atoms with Crippen molar-refractivity contribution in [3.8, 4) is 6.01 Å². The molecule has 0 radical (unpaired) electrons. The van der Waals surface area contributed by atoms with Crippen LogP contribution in [0.4, 0.5) is 10.6 Å². The number of aromatic nitrogens is 2. The Morgan fingerprint density at radius 1 is 1.50 bits per heavy atom. The van der Waals surface area contributed by atoms with Crippen LogP contribution in [0.5, 0.6) is 6.01 Å². The Bertz CT molecular complexity index is 738. The largest absolute Gasteiger partial charge is 0.445 e. The molecule has 0 spiro atoms. The summed E-state index contributed by atoms with van der Waals surface area (Å²) in [5, 5.41) is 13.8. The fourth-order valence-corrected chi connectivity index (χ4v) is 2.31. The summed E-state index contributed by atoms with van der Waals surface area (Å²) in [4.78, 5) is 25.4. The number of nitrogens with one attached hydrogen (secondary N) is 1. The van der Waals surface area contributed by atoms with Crippen LogP contribution in [-0.4, -0.2) is 33.2 Å². The van der Waals surface area contributed by atoms with Crippen molar-refractivity contribution >= 4 is 23.5 Å². The molecule has 2 heterocycles. The number of hydrogen-bond acceptors (Lipinski definition) is 6. The lowest BCUT2D eigenvalue weighted by atomic mass is 10.2. The summed E-state index contributed by atoms with van der Waals surface area (Å²) in [6.45, 7) is 0.701. The molecule has 1 aromatic heterocycles. The minimum Gasteiger partial charge on any atom is -0.445 e. The van der Waals surface area contributed by atoms with Crippen LogP contribution < -0.4 is 10.1 Å². The maximum absolute atomic E-state index is 11.7. The lowest BCUT2D eigenvalue weighted by molar-refractivity contribution is -0.389. The van der Waals surface area contributed by atoms with Crippen LogP contribution in [0.3, 0.4) is 0 Å². The molecule has 10 heteroatoms. The first-order valence-corrected chi connectivity index (χ1v) is 7.42. The first-order valence-electron chi connectivity index (χ1n) is 7.04. The second-order valence-corrected chi connectivity index (χ2v) is 5.55. The first kappa shape index (κ1) is 16.1. The second kappa shape index (κ2) is 6.75. The third-order valence-corrected chi connectivity index (χ3v) is 3.60. The van der Waals surface area contributed by atoms with Crippen molar-refractivity contribution < 1.29 is 19.2 Å². The predicted octanol–water partition coefficient (Wildman–Crippen LogP) is 2.13. The van der Waals surface area contributed by atoms with Crippen molar-refractivity contribution in [2.75, 3.05) is 6.54 Å². The maximum Gasteiger partial charge on any atom is 0.414 e. The molecule has 0 saturated heterocycles. The van der Waals surface area contributed by atoms with Crippen LogP contribution in [0, 0.1) is 10.1 Å². The molecule has 3 rings (SSSR count). The molecule has 1 aliphatic rings. The Balaban J connectivity index is 1.41. The fraction of sp³-hybridized carbons (Fsp3) is 0.286. The number of carbonyl (C=O) groups excluding carboxylic acids is 1. The van der Waals surface area contributed by atoms with Gasteiger partial charge in [0.2, 0.25) is 0 Å². The van der Waals surface area contributed by atoms with Gasteiger partial charge in [-0.2, -0.15) is 0 Å². The number of imidazole rings is 1. The fourth-order valence-electron chi connectivity index (χ4n) is 2.19. The summed E-state index contributed by atoms with van der Waals surface area (Å²) < 4.78 is 12.0. The van der Waals surface area contributed by atoms with E-state index in [2.05, 4.69) is 10.3 Å². The molecule has 24 heavy (non-hydrogen) atoms. The number of nitro groups is 1. The van der Waals surface area contributed by atoms with E-state index in [0.717, 1.165) is 5.56 Å². The van der Waals surface area contributed by atoms with Crippen LogP contribution in [-0.2, 0) is 17.9 Å². The van der Waals surface area contributed by atoms with Gasteiger partial charge in [0.25, 0.3) is 0 Å². The Morgan fingerprint density at radius 3 is 2.92 bits per heavy atom. The number of ether oxygens (including phenoxy) is 2. The molecule has 1 aliphatic heterocycles. The molecule has 1 unspecified atom stereocenters. The molecule has 0 fully saturated rings. The standard InChI is InChI=1S/C14H13ClN4O5/c15-10-3-1-9(2-4-10)8-23-14(20)16-5-11-6-18-7-12(19(21)22)17-13(18)24-11/h1-4,7,11H,5-6,8H2,(H,16,20). The summed E-state index contributed by atoms with van der Waals surface area (Å²) in [6, 6.07) is 7.13. The first-order chi connectivity index (χ1) is 11.5. The Hall–Kier alpha value is -2.81. The molecule has 2 aromatic rings. The summed E-state index contributed by atoms with van der Waals surface area (Å²) in [5.74, 6) is -0.265. The Labute approximate surface area is 141 Å². The molecular formula is C14H13ClN4O5. The predicted molar refractivity (Wildman–Crippen MR) is 82.9 cm³/mol. The smallest absolute Gasteiger partial charge is 0.414 e. The van der Waals surface area contributed by atoms with Gasteiger partial charge in [-0.1, -0.05) is 23.7 Å². The quantitative estimate of drug-likeness (QED) is 0.652. The average Bonchev–Trinajstić information content (AvgIpc) is 3.11. The van der Waals surface area contributed by atoms with Gasteiger partial charge in [0.15, 0.2) is 0 Å². The lowest BCUT2D eigenvalue weighted by Gasteiger charge is -2.10. The number of rotatable bonds is 5. The van der Waals surface area contributed by atoms with Gasteiger partial charge < -0.3 is 24.9 Å². The average molecular weight is 353 g/mol. The van der Waals surface area contributed by atoms with E-state index in [1.165, 1.54) is 10.8 Å². The SMILES string of the molecule is O=C(NCC1Cn2cc([N+](=O)[O-])nc2O1)OCc1ccc(Cl)cc1. The normalized spacial score (nSPS) is 15.5. The van der Waals surface area contributed by atoms with E-state index in [-0.39, 0.29) is 31.1 Å². The molecule has 1 amide bonds. The monoisotopic (exact) mass is 352 g/mol. The Kier molecular flexibility index (Phi) is 4.52. The van der Waals surface area contributed by atoms with Crippen molar-refractivity contribution in [3.05, 3.63) is 51.2 Å². The molecule has 0 bridgehead atoms. The number of halogens is 1. The zero-order chi connectivity index (χ0) is 17.1. The van der Waals surface area contributed by atoms with Crippen molar-refractivity contribution in [1.29, 1.82) is 0 Å². The van der Waals surface area contributed by atoms with E-state index in [1.807, 2.05) is 0 Å². The number of carbonyl (C=O) groups is 1. The molecule has 1 N–H and O–H groups in total. The van der Waals surface area contributed by atoms with Gasteiger partial charge in [-0.3, -0.25) is 4.57 Å². The number of alkyl carbamates (subject to hydrolysis) is 1. The summed E-state index contributed by atoms with van der Waals surface area (Å²) >= 11 is 5.77. The van der Waals surface area contributed by atoms with Gasteiger partial charge in [-0.25, -0.2) is 4.79 Å². The molecule has 1 atom stereocenters. The van der Waals surface area contributed by atoms with E-state index in [0.29, 0.717) is 11.6 Å². The molecule has 0 saturated carbocycles. The number of nitrogens with zero attached hydrogens (tertiary/aromatic N) is 3. The lowest BCUT2D eigenvalue weighted by Crippen LogP contribution is -2.35. The minimum absolute atomic E-state index is 0.127. The van der Waals surface area contributed by atoms with Crippen LogP contribution >= 0.6 is 11.6 Å². The highest BCUT2D eigenvalue weighted by atomic mass is 35.5. The number of fused-ring (bicyclic) bond motifs is 1. The van der Waals surface area contributed by atoms with E-state index >= 15 is 0 Å². The Morgan fingerprint density at radius 2 is 2.25 bits per heavy atom. The van der Waals surface area contributed by atoms with Crippen molar-refractivity contribution in [3.63, 3.8) is 0 Å². The van der Waals surface area contributed by atoms with Gasteiger partial charge in [0.05, 0.1) is 13.1 Å². The summed E-state index contributed by atoms with van der Waals surface area (Å²) in [7, 11) is 0. The molecule has 1 aromatic carbocycles. The van der Waals surface area contributed by atoms with Gasteiger partial charge in [-0.05, 0) is 22.6 Å². The van der Waals surface area contributed by atoms with Crippen LogP contribution in [0.2, 0.25) is 5.02 Å². The topological polar surface area (TPSA) is 109 Å². The third-order valence-electron chi connectivity index (χ3n) is 3.34. The maximum atomic E-state index is 11.7. The second-order valence-electron chi connectivity index (χ2n) is 5.11. The third kappa shape index (κ3) is 3.74. The van der Waals surface area contributed by atoms with Gasteiger partial charge in [0.1, 0.15) is 18.9 Å². The highest BCUT2D eigenvalue weighted by molar-refractivity contribution is 6.30. The highest BCUT2D eigenvalue weighted by Crippen LogP contribution is 2.24. The van der Waals surface area contributed by atoms with E-state index in [4.69, 9.17) is 21.1 Å². The van der Waals surface area contributed by atoms with Crippen LogP contribution in [0.1, 0.15) is 5.56 Å². The number of benzene rings is 1. The van der Waals surface area contributed by atoms with Crippen LogP contribution in [0.25, 0.3) is 0 Å². The van der Waals surface area contributed by atoms with Crippen LogP contribution in [0.15, 0.2) is 30.5 Å². The number of amides is 1. The van der Waals surface area contributed by atoms with Gasteiger partial charge in [-0.15, -0.1) is 0 Å². The molecule has 0 aliphatic carbocycles. The zero-order valence-electron chi connectivity index (χ0n) is 12.3. The van der Waals surface area contributed by atoms with Gasteiger partial charge >= 0.3 is 17.9 Å². The minimum atomic E-state index is -0.587. The van der Waals surface area contributed by atoms with Crippen molar-refractivity contribution in [1.82, 2.24) is 14.9 Å². The van der Waals surface area contributed by atoms with E-state index < -0.39 is 11.0 Å².